The minimum atomic E-state index is -2.97. The van der Waals surface area contributed by atoms with Crippen molar-refractivity contribution in [2.45, 2.75) is 45.4 Å². The van der Waals surface area contributed by atoms with Gasteiger partial charge in [-0.15, -0.1) is 0 Å². The minimum Gasteiger partial charge on any atom is -0.271 e. The summed E-state index contributed by atoms with van der Waals surface area (Å²) in [7, 11) is -2.97. The zero-order valence-electron chi connectivity index (χ0n) is 10.3. The first kappa shape index (κ1) is 13.2. The lowest BCUT2D eigenvalue weighted by atomic mass is 10.1. The van der Waals surface area contributed by atoms with Crippen molar-refractivity contribution in [3.63, 3.8) is 0 Å². The van der Waals surface area contributed by atoms with Crippen LogP contribution in [-0.2, 0) is 16.4 Å². The second-order valence-electron chi connectivity index (χ2n) is 4.61. The van der Waals surface area contributed by atoms with E-state index in [1.807, 2.05) is 6.20 Å². The summed E-state index contributed by atoms with van der Waals surface area (Å²) >= 11 is 0. The lowest BCUT2D eigenvalue weighted by molar-refractivity contribution is 0.572. The highest BCUT2D eigenvalue weighted by molar-refractivity contribution is 7.91. The molecule has 4 nitrogen and oxygen atoms in total. The number of sulfone groups is 1. The van der Waals surface area contributed by atoms with Gasteiger partial charge in [0, 0.05) is 6.20 Å². The van der Waals surface area contributed by atoms with Gasteiger partial charge in [-0.05, 0) is 25.3 Å². The lowest BCUT2D eigenvalue weighted by Gasteiger charge is -2.07. The Hall–Kier alpha value is -0.840. The molecule has 0 aliphatic heterocycles. The number of rotatable bonds is 5. The van der Waals surface area contributed by atoms with E-state index >= 15 is 0 Å². The van der Waals surface area contributed by atoms with Crippen LogP contribution in [0.2, 0.25) is 0 Å². The first-order valence-corrected chi connectivity index (χ1v) is 7.28. The zero-order valence-corrected chi connectivity index (χ0v) is 11.2. The van der Waals surface area contributed by atoms with Gasteiger partial charge < -0.3 is 0 Å². The van der Waals surface area contributed by atoms with Crippen molar-refractivity contribution >= 4 is 9.84 Å². The van der Waals surface area contributed by atoms with Gasteiger partial charge in [0.25, 0.3) is 0 Å². The molecule has 0 fully saturated rings. The number of hydrogen-bond donors (Lipinski definition) is 0. The van der Waals surface area contributed by atoms with Crippen LogP contribution >= 0.6 is 0 Å². The summed E-state index contributed by atoms with van der Waals surface area (Å²) in [4.78, 5) is 0. The third-order valence-electron chi connectivity index (χ3n) is 2.64. The van der Waals surface area contributed by atoms with Gasteiger partial charge in [-0.2, -0.15) is 5.10 Å². The molecular formula is C11H20N2O2S. The molecule has 0 amide bonds. The molecule has 0 saturated heterocycles. The van der Waals surface area contributed by atoms with Crippen LogP contribution in [0.25, 0.3) is 0 Å². The molecule has 5 heteroatoms. The highest BCUT2D eigenvalue weighted by Crippen LogP contribution is 2.12. The molecular weight excluding hydrogens is 224 g/mol. The summed E-state index contributed by atoms with van der Waals surface area (Å²) in [5.41, 5.74) is 1.14. The van der Waals surface area contributed by atoms with Gasteiger partial charge in [-0.3, -0.25) is 4.68 Å². The molecule has 16 heavy (non-hydrogen) atoms. The van der Waals surface area contributed by atoms with E-state index in [9.17, 15) is 8.42 Å². The Morgan fingerprint density at radius 1 is 1.31 bits per heavy atom. The van der Waals surface area contributed by atoms with Gasteiger partial charge in [0.05, 0.1) is 23.7 Å². The van der Waals surface area contributed by atoms with E-state index < -0.39 is 9.84 Å². The van der Waals surface area contributed by atoms with E-state index in [1.54, 1.807) is 24.7 Å². The van der Waals surface area contributed by atoms with Gasteiger partial charge in [-0.25, -0.2) is 8.42 Å². The molecule has 0 radical (unpaired) electrons. The van der Waals surface area contributed by atoms with Crippen LogP contribution in [0.15, 0.2) is 12.4 Å². The molecule has 0 bridgehead atoms. The zero-order chi connectivity index (χ0) is 12.3. The number of nitrogens with zero attached hydrogens (tertiary/aromatic N) is 2. The third-order valence-corrected chi connectivity index (χ3v) is 4.83. The Bertz CT molecular complexity index is 433. The maximum atomic E-state index is 11.6. The number of aromatic nitrogens is 2. The molecule has 1 rings (SSSR count). The number of hydrogen-bond acceptors (Lipinski definition) is 3. The van der Waals surface area contributed by atoms with Crippen LogP contribution in [-0.4, -0.2) is 29.2 Å². The largest absolute Gasteiger partial charge is 0.271 e. The molecule has 0 spiro atoms. The molecule has 1 aromatic heterocycles. The number of aryl methyl sites for hydroxylation is 1. The second kappa shape index (κ2) is 4.99. The van der Waals surface area contributed by atoms with E-state index in [2.05, 4.69) is 18.9 Å². The van der Waals surface area contributed by atoms with E-state index in [1.165, 1.54) is 0 Å². The standard InChI is InChI=1S/C11H20N2O2S/c1-9(2)11-7-12-13(8-11)5-6-16(14,15)10(3)4/h7-10H,5-6H2,1-4H3. The van der Waals surface area contributed by atoms with Crippen molar-refractivity contribution in [1.29, 1.82) is 0 Å². The van der Waals surface area contributed by atoms with E-state index in [0.29, 0.717) is 12.5 Å². The average molecular weight is 244 g/mol. The molecule has 0 aromatic carbocycles. The summed E-state index contributed by atoms with van der Waals surface area (Å²) < 4.78 is 24.9. The molecule has 1 heterocycles. The highest BCUT2D eigenvalue weighted by atomic mass is 32.2. The predicted octanol–water partition coefficient (Wildman–Crippen LogP) is 1.83. The van der Waals surface area contributed by atoms with Crippen molar-refractivity contribution in [2.75, 3.05) is 5.75 Å². The maximum absolute atomic E-state index is 11.6. The van der Waals surface area contributed by atoms with Crippen LogP contribution in [0, 0.1) is 0 Å². The van der Waals surface area contributed by atoms with E-state index in [0.717, 1.165) is 5.56 Å². The van der Waals surface area contributed by atoms with Crippen molar-refractivity contribution in [2.24, 2.45) is 0 Å². The van der Waals surface area contributed by atoms with Crippen LogP contribution in [0.1, 0.15) is 39.2 Å². The highest BCUT2D eigenvalue weighted by Gasteiger charge is 2.16. The van der Waals surface area contributed by atoms with Crippen molar-refractivity contribution in [3.05, 3.63) is 18.0 Å². The molecule has 0 N–H and O–H groups in total. The van der Waals surface area contributed by atoms with Crippen molar-refractivity contribution in [3.8, 4) is 0 Å². The Kier molecular flexibility index (Phi) is 4.13. The monoisotopic (exact) mass is 244 g/mol. The lowest BCUT2D eigenvalue weighted by Crippen LogP contribution is -2.21. The van der Waals surface area contributed by atoms with Crippen LogP contribution in [0.4, 0.5) is 0 Å². The topological polar surface area (TPSA) is 52.0 Å². The van der Waals surface area contributed by atoms with Gasteiger partial charge >= 0.3 is 0 Å². The van der Waals surface area contributed by atoms with E-state index in [-0.39, 0.29) is 11.0 Å². The Balaban J connectivity index is 2.62. The van der Waals surface area contributed by atoms with Gasteiger partial charge in [-0.1, -0.05) is 13.8 Å². The fraction of sp³-hybridized carbons (Fsp3) is 0.727. The Morgan fingerprint density at radius 3 is 2.38 bits per heavy atom. The molecule has 0 atom stereocenters. The second-order valence-corrected chi connectivity index (χ2v) is 7.28. The molecule has 0 aliphatic rings. The summed E-state index contributed by atoms with van der Waals surface area (Å²) in [5.74, 6) is 0.583. The first-order chi connectivity index (χ1) is 7.33. The van der Waals surface area contributed by atoms with E-state index in [4.69, 9.17) is 0 Å². The predicted molar refractivity (Wildman–Crippen MR) is 65.2 cm³/mol. The summed E-state index contributed by atoms with van der Waals surface area (Å²) in [6.07, 6.45) is 3.72. The van der Waals surface area contributed by atoms with Crippen LogP contribution < -0.4 is 0 Å². The molecule has 0 saturated carbocycles. The van der Waals surface area contributed by atoms with Crippen molar-refractivity contribution < 1.29 is 8.42 Å². The normalized spacial score (nSPS) is 12.6. The summed E-state index contributed by atoms with van der Waals surface area (Å²) in [5, 5.41) is 3.84. The maximum Gasteiger partial charge on any atom is 0.154 e. The van der Waals surface area contributed by atoms with Crippen LogP contribution in [0.5, 0.6) is 0 Å². The summed E-state index contributed by atoms with van der Waals surface area (Å²) in [6, 6.07) is 0. The SMILES string of the molecule is CC(C)c1cnn(CCS(=O)(=O)C(C)C)c1. The quantitative estimate of drug-likeness (QED) is 0.794. The molecule has 0 aliphatic carbocycles. The summed E-state index contributed by atoms with van der Waals surface area (Å²) in [6.45, 7) is 8.03. The fourth-order valence-electron chi connectivity index (χ4n) is 1.26. The minimum absolute atomic E-state index is 0.157. The van der Waals surface area contributed by atoms with Gasteiger partial charge in [0.2, 0.25) is 0 Å². The molecule has 1 aromatic rings. The fourth-order valence-corrected chi connectivity index (χ4v) is 2.17. The van der Waals surface area contributed by atoms with Crippen molar-refractivity contribution in [1.82, 2.24) is 9.78 Å². The van der Waals surface area contributed by atoms with Gasteiger partial charge in [0.15, 0.2) is 9.84 Å². The average Bonchev–Trinajstić information content (AvgIpc) is 2.63. The third kappa shape index (κ3) is 3.33. The van der Waals surface area contributed by atoms with Crippen LogP contribution in [0.3, 0.4) is 0 Å². The first-order valence-electron chi connectivity index (χ1n) is 5.57. The Labute approximate surface area is 97.6 Å². The molecule has 0 unspecified atom stereocenters. The smallest absolute Gasteiger partial charge is 0.154 e. The van der Waals surface area contributed by atoms with Gasteiger partial charge in [0.1, 0.15) is 0 Å². The Morgan fingerprint density at radius 2 is 1.94 bits per heavy atom. The molecule has 92 valence electrons.